The van der Waals surface area contributed by atoms with Crippen molar-refractivity contribution in [2.75, 3.05) is 6.54 Å². The van der Waals surface area contributed by atoms with Crippen LogP contribution in [0.3, 0.4) is 0 Å². The van der Waals surface area contributed by atoms with Gasteiger partial charge in [0.15, 0.2) is 0 Å². The van der Waals surface area contributed by atoms with Crippen LogP contribution in [0.15, 0.2) is 12.7 Å². The quantitative estimate of drug-likeness (QED) is 0.680. The maximum Gasteiger partial charge on any atom is 0.326 e. The Kier molecular flexibility index (Phi) is 3.71. The largest absolute Gasteiger partial charge is 0.480 e. The summed E-state index contributed by atoms with van der Waals surface area (Å²) in [5, 5.41) is 11.5. The van der Waals surface area contributed by atoms with Crippen molar-refractivity contribution in [3.63, 3.8) is 0 Å². The molecule has 1 fully saturated rings. The van der Waals surface area contributed by atoms with Crippen LogP contribution in [-0.2, 0) is 4.79 Å². The lowest BCUT2D eigenvalue weighted by Gasteiger charge is -2.23. The van der Waals surface area contributed by atoms with Crippen LogP contribution in [0.5, 0.6) is 0 Å². The predicted octanol–water partition coefficient (Wildman–Crippen LogP) is 0.819. The molecule has 2 unspecified atom stereocenters. The number of carboxylic acids is 1. The van der Waals surface area contributed by atoms with Gasteiger partial charge in [-0.25, -0.2) is 9.59 Å². The van der Waals surface area contributed by atoms with Crippen molar-refractivity contribution >= 4 is 12.0 Å². The summed E-state index contributed by atoms with van der Waals surface area (Å²) in [6.07, 6.45) is 2.88. The zero-order chi connectivity index (χ0) is 11.4. The number of hydrogen-bond acceptors (Lipinski definition) is 2. The van der Waals surface area contributed by atoms with Crippen LogP contribution >= 0.6 is 0 Å². The van der Waals surface area contributed by atoms with Crippen molar-refractivity contribution in [3.8, 4) is 0 Å². The minimum atomic E-state index is -0.936. The molecule has 84 valence electrons. The minimum absolute atomic E-state index is 0.146. The summed E-state index contributed by atoms with van der Waals surface area (Å²) in [5.74, 6) is -0.936. The van der Waals surface area contributed by atoms with Gasteiger partial charge in [-0.3, -0.25) is 0 Å². The van der Waals surface area contributed by atoms with Crippen molar-refractivity contribution in [2.24, 2.45) is 0 Å². The third kappa shape index (κ3) is 2.71. The number of rotatable bonds is 3. The molecule has 0 radical (unpaired) electrons. The molecule has 2 amide bonds. The van der Waals surface area contributed by atoms with E-state index in [0.717, 1.165) is 6.42 Å². The molecule has 5 heteroatoms. The van der Waals surface area contributed by atoms with Crippen molar-refractivity contribution in [1.82, 2.24) is 10.2 Å². The number of carbonyl (C=O) groups is 2. The molecule has 1 aliphatic rings. The highest BCUT2D eigenvalue weighted by Crippen LogP contribution is 2.17. The summed E-state index contributed by atoms with van der Waals surface area (Å²) in [6, 6.07) is -1.15. The second-order valence-electron chi connectivity index (χ2n) is 3.66. The monoisotopic (exact) mass is 212 g/mol. The number of carbonyl (C=O) groups excluding carboxylic acids is 1. The molecule has 1 rings (SSSR count). The third-order valence-corrected chi connectivity index (χ3v) is 2.50. The van der Waals surface area contributed by atoms with Gasteiger partial charge in [0, 0.05) is 12.6 Å². The summed E-state index contributed by atoms with van der Waals surface area (Å²) < 4.78 is 0. The number of nitrogens with one attached hydrogen (secondary N) is 1. The van der Waals surface area contributed by atoms with Crippen molar-refractivity contribution < 1.29 is 14.7 Å². The first-order valence-corrected chi connectivity index (χ1v) is 4.98. The Morgan fingerprint density at radius 1 is 1.67 bits per heavy atom. The Morgan fingerprint density at radius 2 is 2.33 bits per heavy atom. The Morgan fingerprint density at radius 3 is 2.87 bits per heavy atom. The van der Waals surface area contributed by atoms with Crippen LogP contribution in [0.25, 0.3) is 0 Å². The molecule has 0 aromatic heterocycles. The van der Waals surface area contributed by atoms with Gasteiger partial charge < -0.3 is 15.3 Å². The van der Waals surface area contributed by atoms with Crippen LogP contribution in [0.1, 0.15) is 19.8 Å². The topological polar surface area (TPSA) is 69.6 Å². The molecule has 0 aromatic carbocycles. The minimum Gasteiger partial charge on any atom is -0.480 e. The van der Waals surface area contributed by atoms with Crippen LogP contribution in [0, 0.1) is 0 Å². The Bertz CT molecular complexity index is 278. The normalized spacial score (nSPS) is 22.2. The number of aliphatic carboxylic acids is 1. The van der Waals surface area contributed by atoms with Gasteiger partial charge in [-0.15, -0.1) is 6.58 Å². The van der Waals surface area contributed by atoms with E-state index in [1.165, 1.54) is 4.90 Å². The maximum absolute atomic E-state index is 11.6. The molecule has 0 spiro atoms. The van der Waals surface area contributed by atoms with E-state index in [1.807, 2.05) is 0 Å². The van der Waals surface area contributed by atoms with Gasteiger partial charge in [0.25, 0.3) is 0 Å². The number of urea groups is 1. The molecule has 0 saturated carbocycles. The third-order valence-electron chi connectivity index (χ3n) is 2.50. The van der Waals surface area contributed by atoms with Gasteiger partial charge in [-0.2, -0.15) is 0 Å². The van der Waals surface area contributed by atoms with E-state index in [9.17, 15) is 9.59 Å². The van der Waals surface area contributed by atoms with Crippen molar-refractivity contribution in [2.45, 2.75) is 31.8 Å². The summed E-state index contributed by atoms with van der Waals surface area (Å²) in [4.78, 5) is 23.8. The molecule has 0 bridgehead atoms. The molecule has 0 aromatic rings. The van der Waals surface area contributed by atoms with Gasteiger partial charge in [-0.1, -0.05) is 6.08 Å². The zero-order valence-electron chi connectivity index (χ0n) is 8.77. The first-order chi connectivity index (χ1) is 7.06. The molecule has 2 atom stereocenters. The summed E-state index contributed by atoms with van der Waals surface area (Å²) in [7, 11) is 0. The molecule has 1 saturated heterocycles. The standard InChI is InChI=1S/C10H16N2O3/c1-3-7(2)11-10(15)12-6-4-5-8(12)9(13)14/h3,7-8H,1,4-6H2,2H3,(H,11,15)(H,13,14). The second kappa shape index (κ2) is 4.82. The van der Waals surface area contributed by atoms with Crippen LogP contribution < -0.4 is 5.32 Å². The number of nitrogens with zero attached hydrogens (tertiary/aromatic N) is 1. The molecule has 15 heavy (non-hydrogen) atoms. The lowest BCUT2D eigenvalue weighted by Crippen LogP contribution is -2.48. The molecular formula is C10H16N2O3. The maximum atomic E-state index is 11.6. The van der Waals surface area contributed by atoms with Crippen molar-refractivity contribution in [3.05, 3.63) is 12.7 Å². The number of hydrogen-bond donors (Lipinski definition) is 2. The smallest absolute Gasteiger partial charge is 0.326 e. The van der Waals surface area contributed by atoms with Gasteiger partial charge in [0.2, 0.25) is 0 Å². The van der Waals surface area contributed by atoms with Crippen LogP contribution in [0.4, 0.5) is 4.79 Å². The van der Waals surface area contributed by atoms with E-state index in [2.05, 4.69) is 11.9 Å². The lowest BCUT2D eigenvalue weighted by atomic mass is 10.2. The predicted molar refractivity (Wildman–Crippen MR) is 55.6 cm³/mol. The highest BCUT2D eigenvalue weighted by molar-refractivity contribution is 5.83. The first kappa shape index (κ1) is 11.6. The van der Waals surface area contributed by atoms with Gasteiger partial charge >= 0.3 is 12.0 Å². The number of likely N-dealkylation sites (tertiary alicyclic amines) is 1. The first-order valence-electron chi connectivity index (χ1n) is 4.98. The molecule has 1 aliphatic heterocycles. The average Bonchev–Trinajstić information content (AvgIpc) is 2.65. The number of carboxylic acid groups (broad SMARTS) is 1. The SMILES string of the molecule is C=CC(C)NC(=O)N1CCCC1C(=O)O. The molecule has 1 heterocycles. The molecular weight excluding hydrogens is 196 g/mol. The van der Waals surface area contributed by atoms with E-state index >= 15 is 0 Å². The van der Waals surface area contributed by atoms with Crippen molar-refractivity contribution in [1.29, 1.82) is 0 Å². The summed E-state index contributed by atoms with van der Waals surface area (Å²) in [5.41, 5.74) is 0. The van der Waals surface area contributed by atoms with E-state index in [0.29, 0.717) is 13.0 Å². The summed E-state index contributed by atoms with van der Waals surface area (Å²) in [6.45, 7) is 5.84. The van der Waals surface area contributed by atoms with E-state index in [4.69, 9.17) is 5.11 Å². The van der Waals surface area contributed by atoms with E-state index < -0.39 is 12.0 Å². The van der Waals surface area contributed by atoms with Gasteiger partial charge in [0.1, 0.15) is 6.04 Å². The van der Waals surface area contributed by atoms with Gasteiger partial charge in [-0.05, 0) is 19.8 Å². The lowest BCUT2D eigenvalue weighted by molar-refractivity contribution is -0.141. The average molecular weight is 212 g/mol. The molecule has 0 aliphatic carbocycles. The highest BCUT2D eigenvalue weighted by Gasteiger charge is 2.33. The van der Waals surface area contributed by atoms with Gasteiger partial charge in [0.05, 0.1) is 0 Å². The Hall–Kier alpha value is -1.52. The fourth-order valence-corrected chi connectivity index (χ4v) is 1.60. The number of amides is 2. The van der Waals surface area contributed by atoms with Crippen LogP contribution in [0.2, 0.25) is 0 Å². The molecule has 5 nitrogen and oxygen atoms in total. The van der Waals surface area contributed by atoms with Crippen LogP contribution in [-0.4, -0.2) is 40.6 Å². The second-order valence-corrected chi connectivity index (χ2v) is 3.66. The van der Waals surface area contributed by atoms with E-state index in [-0.39, 0.29) is 12.1 Å². The summed E-state index contributed by atoms with van der Waals surface area (Å²) >= 11 is 0. The highest BCUT2D eigenvalue weighted by atomic mass is 16.4. The van der Waals surface area contributed by atoms with E-state index in [1.54, 1.807) is 13.0 Å². The fraction of sp³-hybridized carbons (Fsp3) is 0.600. The molecule has 2 N–H and O–H groups in total. The fourth-order valence-electron chi connectivity index (χ4n) is 1.60. The zero-order valence-corrected chi connectivity index (χ0v) is 8.77. The Labute approximate surface area is 88.8 Å². The Balaban J connectivity index is 2.58.